The van der Waals surface area contributed by atoms with Crippen molar-refractivity contribution in [3.63, 3.8) is 0 Å². The molecule has 0 aliphatic rings. The summed E-state index contributed by atoms with van der Waals surface area (Å²) in [5.41, 5.74) is 10.2. The highest BCUT2D eigenvalue weighted by Crippen LogP contribution is 2.20. The summed E-state index contributed by atoms with van der Waals surface area (Å²) in [7, 11) is 0. The number of carboxylic acids is 1. The smallest absolute Gasteiger partial charge is 0.314 e. The van der Waals surface area contributed by atoms with Crippen LogP contribution in [0.5, 0.6) is 0 Å². The van der Waals surface area contributed by atoms with Crippen molar-refractivity contribution >= 4 is 17.5 Å². The molecule has 6 heteroatoms. The molecule has 0 radical (unpaired) electrons. The summed E-state index contributed by atoms with van der Waals surface area (Å²) in [5, 5.41) is 9.54. The van der Waals surface area contributed by atoms with Gasteiger partial charge in [0.05, 0.1) is 0 Å². The number of hydrogen-bond acceptors (Lipinski definition) is 5. The van der Waals surface area contributed by atoms with Crippen molar-refractivity contribution in [2.24, 2.45) is 17.4 Å². The van der Waals surface area contributed by atoms with Crippen molar-refractivity contribution in [2.75, 3.05) is 0 Å². The van der Waals surface area contributed by atoms with Crippen LogP contribution in [-0.4, -0.2) is 28.3 Å². The van der Waals surface area contributed by atoms with Crippen molar-refractivity contribution in [2.45, 2.75) is 154 Å². The molecule has 0 spiro atoms. The van der Waals surface area contributed by atoms with Crippen molar-refractivity contribution < 1.29 is 19.5 Å². The van der Waals surface area contributed by atoms with Gasteiger partial charge in [-0.3, -0.25) is 14.4 Å². The van der Waals surface area contributed by atoms with E-state index in [0.717, 1.165) is 32.1 Å². The lowest BCUT2D eigenvalue weighted by atomic mass is 9.86. The molecule has 1 atom stereocenters. The molecule has 5 N–H and O–H groups in total. The fourth-order valence-electron chi connectivity index (χ4n) is 4.40. The molecule has 0 aromatic rings. The number of ketones is 2. The number of aliphatic carboxylic acids is 1. The van der Waals surface area contributed by atoms with E-state index in [1.165, 1.54) is 70.6 Å². The largest absolute Gasteiger partial charge is 0.481 e. The van der Waals surface area contributed by atoms with Crippen LogP contribution in [0.2, 0.25) is 0 Å². The molecular formula is C28H54N2O4. The fourth-order valence-corrected chi connectivity index (χ4v) is 4.40. The van der Waals surface area contributed by atoms with Gasteiger partial charge in [-0.25, -0.2) is 0 Å². The lowest BCUT2D eigenvalue weighted by molar-refractivity contribution is -0.147. The third-order valence-electron chi connectivity index (χ3n) is 6.78. The second-order valence-corrected chi connectivity index (χ2v) is 10.2. The Bertz CT molecular complexity index is 549. The Balaban J connectivity index is 4.18. The van der Waals surface area contributed by atoms with Crippen LogP contribution in [-0.2, 0) is 14.4 Å². The Morgan fingerprint density at radius 2 is 0.971 bits per heavy atom. The lowest BCUT2D eigenvalue weighted by Gasteiger charge is -2.26. The second kappa shape index (κ2) is 21.0. The Hall–Kier alpha value is -1.27. The minimum Gasteiger partial charge on any atom is -0.481 e. The van der Waals surface area contributed by atoms with Crippen LogP contribution in [0.3, 0.4) is 0 Å². The van der Waals surface area contributed by atoms with Gasteiger partial charge in [-0.1, -0.05) is 117 Å². The summed E-state index contributed by atoms with van der Waals surface area (Å²) in [4.78, 5) is 36.7. The highest BCUT2D eigenvalue weighted by molar-refractivity contribution is 5.99. The number of hydrogen-bond donors (Lipinski definition) is 3. The van der Waals surface area contributed by atoms with Crippen LogP contribution in [0, 0.1) is 5.92 Å². The number of unbranched alkanes of at least 4 members (excludes halogenated alkanes) is 16. The fraction of sp³-hybridized carbons (Fsp3) is 0.893. The molecular weight excluding hydrogens is 428 g/mol. The van der Waals surface area contributed by atoms with Crippen LogP contribution in [0.15, 0.2) is 0 Å². The van der Waals surface area contributed by atoms with Gasteiger partial charge in [0.1, 0.15) is 17.4 Å². The predicted molar refractivity (Wildman–Crippen MR) is 141 cm³/mol. The van der Waals surface area contributed by atoms with Crippen molar-refractivity contribution in [3.8, 4) is 0 Å². The van der Waals surface area contributed by atoms with Gasteiger partial charge >= 0.3 is 5.97 Å². The molecule has 0 saturated heterocycles. The van der Waals surface area contributed by atoms with E-state index in [1.54, 1.807) is 0 Å². The number of nitrogens with two attached hydrogens (primary N) is 2. The zero-order chi connectivity index (χ0) is 25.7. The average molecular weight is 483 g/mol. The van der Waals surface area contributed by atoms with Crippen molar-refractivity contribution in [1.82, 2.24) is 0 Å². The van der Waals surface area contributed by atoms with Gasteiger partial charge < -0.3 is 16.6 Å². The summed E-state index contributed by atoms with van der Waals surface area (Å²) in [5.74, 6) is -3.27. The first-order valence-corrected chi connectivity index (χ1v) is 14.1. The zero-order valence-electron chi connectivity index (χ0n) is 22.3. The molecule has 0 aromatic carbocycles. The number of carbonyl (C=O) groups is 3. The molecule has 0 amide bonds. The molecule has 0 heterocycles. The molecule has 0 bridgehead atoms. The van der Waals surface area contributed by atoms with Gasteiger partial charge in [0.25, 0.3) is 0 Å². The van der Waals surface area contributed by atoms with E-state index in [-0.39, 0.29) is 30.8 Å². The third-order valence-corrected chi connectivity index (χ3v) is 6.78. The number of carbonyl (C=O) groups excluding carboxylic acids is 2. The molecule has 0 aliphatic carbocycles. The van der Waals surface area contributed by atoms with Gasteiger partial charge in [0.15, 0.2) is 5.78 Å². The molecule has 0 aromatic heterocycles. The quantitative estimate of drug-likeness (QED) is 0.0758. The molecule has 0 aliphatic heterocycles. The maximum absolute atomic E-state index is 12.5. The highest BCUT2D eigenvalue weighted by Gasteiger charge is 2.37. The molecule has 1 unspecified atom stereocenters. The Kier molecular flexibility index (Phi) is 20.3. The Morgan fingerprint density at radius 3 is 1.35 bits per heavy atom. The maximum atomic E-state index is 12.5. The molecule has 0 rings (SSSR count). The highest BCUT2D eigenvalue weighted by atomic mass is 16.4. The molecule has 34 heavy (non-hydrogen) atoms. The standard InChI is InChI=1S/C28H54N2O4/c1-3-5-7-9-11-13-15-17-19-21-25(31)24(27(33)34)23-28(29,30)26(32)22-20-18-16-14-12-10-8-6-4-2/h24H,3-23,29-30H2,1-2H3,(H,33,34). The van der Waals surface area contributed by atoms with Gasteiger partial charge in [0, 0.05) is 19.3 Å². The first kappa shape index (κ1) is 32.7. The molecule has 0 fully saturated rings. The number of Topliss-reactive ketones (excluding diaryl/α,β-unsaturated/α-hetero) is 2. The first-order valence-electron chi connectivity index (χ1n) is 14.1. The van der Waals surface area contributed by atoms with Crippen LogP contribution in [0.1, 0.15) is 149 Å². The average Bonchev–Trinajstić information content (AvgIpc) is 2.80. The van der Waals surface area contributed by atoms with E-state index in [1.807, 2.05) is 0 Å². The summed E-state index contributed by atoms with van der Waals surface area (Å²) in [6.07, 6.45) is 20.4. The van der Waals surface area contributed by atoms with Crippen LogP contribution in [0.25, 0.3) is 0 Å². The summed E-state index contributed by atoms with van der Waals surface area (Å²) in [6.45, 7) is 4.41. The van der Waals surface area contributed by atoms with Gasteiger partial charge in [-0.05, 0) is 12.8 Å². The van der Waals surface area contributed by atoms with Crippen LogP contribution < -0.4 is 11.5 Å². The van der Waals surface area contributed by atoms with Crippen molar-refractivity contribution in [1.29, 1.82) is 0 Å². The van der Waals surface area contributed by atoms with Crippen LogP contribution in [0.4, 0.5) is 0 Å². The Morgan fingerprint density at radius 1 is 0.618 bits per heavy atom. The first-order chi connectivity index (χ1) is 16.3. The summed E-state index contributed by atoms with van der Waals surface area (Å²) >= 11 is 0. The van der Waals surface area contributed by atoms with E-state index in [0.29, 0.717) is 12.8 Å². The lowest BCUT2D eigenvalue weighted by Crippen LogP contribution is -2.58. The van der Waals surface area contributed by atoms with Gasteiger partial charge in [-0.15, -0.1) is 0 Å². The Labute approximate surface area is 209 Å². The van der Waals surface area contributed by atoms with Gasteiger partial charge in [-0.2, -0.15) is 0 Å². The normalized spacial score (nSPS) is 12.6. The number of carboxylic acid groups (broad SMARTS) is 1. The predicted octanol–water partition coefficient (Wildman–Crippen LogP) is 6.67. The van der Waals surface area contributed by atoms with E-state index in [2.05, 4.69) is 13.8 Å². The molecule has 200 valence electrons. The zero-order valence-corrected chi connectivity index (χ0v) is 22.3. The second-order valence-electron chi connectivity index (χ2n) is 10.2. The molecule has 0 saturated carbocycles. The third kappa shape index (κ3) is 17.2. The van der Waals surface area contributed by atoms with E-state index < -0.39 is 17.6 Å². The molecule has 6 nitrogen and oxygen atoms in total. The summed E-state index contributed by atoms with van der Waals surface area (Å²) in [6, 6.07) is 0. The van der Waals surface area contributed by atoms with Gasteiger partial charge in [0.2, 0.25) is 0 Å². The van der Waals surface area contributed by atoms with Crippen molar-refractivity contribution in [3.05, 3.63) is 0 Å². The summed E-state index contributed by atoms with van der Waals surface area (Å²) < 4.78 is 0. The monoisotopic (exact) mass is 482 g/mol. The minimum absolute atomic E-state index is 0.204. The topological polar surface area (TPSA) is 123 Å². The minimum atomic E-state index is -1.77. The SMILES string of the molecule is CCCCCCCCCCCC(=O)C(CC(N)(N)C(=O)CCCCCCCCCCC)C(=O)O. The van der Waals surface area contributed by atoms with Crippen LogP contribution >= 0.6 is 0 Å². The van der Waals surface area contributed by atoms with E-state index in [4.69, 9.17) is 11.5 Å². The number of rotatable bonds is 25. The van der Waals surface area contributed by atoms with E-state index in [9.17, 15) is 19.5 Å². The van der Waals surface area contributed by atoms with E-state index >= 15 is 0 Å². The maximum Gasteiger partial charge on any atom is 0.314 e.